The normalized spacial score (nSPS) is 18.9. The Labute approximate surface area is 165 Å². The molecule has 0 saturated carbocycles. The molecule has 6 heteroatoms. The Morgan fingerprint density at radius 1 is 0.926 bits per heavy atom. The lowest BCUT2D eigenvalue weighted by Gasteiger charge is -2.55. The van der Waals surface area contributed by atoms with Crippen molar-refractivity contribution in [3.05, 3.63) is 0 Å². The summed E-state index contributed by atoms with van der Waals surface area (Å²) in [6.07, 6.45) is 0.948. The van der Waals surface area contributed by atoms with Crippen LogP contribution < -0.4 is 5.73 Å². The molecule has 0 aliphatic heterocycles. The standard InChI is InChI=1S/C21H41NO5/c1-14(22)20(9,15(23)27-25)13-18(5,6)19(7,8)21(10,16(24)26-11)12-17(2,3)4/h14,25H,12-13,22H2,1-11H3. The van der Waals surface area contributed by atoms with Crippen molar-refractivity contribution in [2.75, 3.05) is 7.11 Å². The summed E-state index contributed by atoms with van der Waals surface area (Å²) in [6, 6.07) is -0.542. The Morgan fingerprint density at radius 2 is 1.37 bits per heavy atom. The topological polar surface area (TPSA) is 98.9 Å². The van der Waals surface area contributed by atoms with Gasteiger partial charge in [0.25, 0.3) is 0 Å². The molecule has 0 aromatic heterocycles. The third-order valence-corrected chi connectivity index (χ3v) is 6.95. The van der Waals surface area contributed by atoms with Gasteiger partial charge in [0.2, 0.25) is 0 Å². The number of carbonyl (C=O) groups is 2. The minimum Gasteiger partial charge on any atom is -0.469 e. The smallest absolute Gasteiger partial charge is 0.349 e. The molecule has 27 heavy (non-hydrogen) atoms. The second-order valence-corrected chi connectivity index (χ2v) is 10.8. The van der Waals surface area contributed by atoms with E-state index in [0.717, 1.165) is 0 Å². The van der Waals surface area contributed by atoms with Crippen LogP contribution in [-0.2, 0) is 19.2 Å². The molecule has 3 N–H and O–H groups in total. The van der Waals surface area contributed by atoms with Crippen molar-refractivity contribution < 1.29 is 24.5 Å². The number of esters is 1. The van der Waals surface area contributed by atoms with Gasteiger partial charge in [0, 0.05) is 6.04 Å². The molecule has 0 aromatic rings. The molecule has 0 aliphatic carbocycles. The van der Waals surface area contributed by atoms with Gasteiger partial charge in [-0.3, -0.25) is 4.79 Å². The summed E-state index contributed by atoms with van der Waals surface area (Å²) in [6.45, 7) is 19.7. The minimum absolute atomic E-state index is 0.106. The quantitative estimate of drug-likeness (QED) is 0.363. The van der Waals surface area contributed by atoms with Crippen molar-refractivity contribution in [2.24, 2.45) is 32.8 Å². The van der Waals surface area contributed by atoms with E-state index in [-0.39, 0.29) is 11.4 Å². The van der Waals surface area contributed by atoms with Gasteiger partial charge in [-0.25, -0.2) is 4.79 Å². The molecule has 6 nitrogen and oxygen atoms in total. The average Bonchev–Trinajstić information content (AvgIpc) is 2.50. The Morgan fingerprint density at radius 3 is 1.67 bits per heavy atom. The second-order valence-electron chi connectivity index (χ2n) is 10.8. The molecule has 0 fully saturated rings. The Kier molecular flexibility index (Phi) is 7.74. The van der Waals surface area contributed by atoms with E-state index in [1.54, 1.807) is 13.8 Å². The molecule has 0 rings (SSSR count). The van der Waals surface area contributed by atoms with Gasteiger partial charge in [0.05, 0.1) is 17.9 Å². The van der Waals surface area contributed by atoms with Crippen LogP contribution in [0.5, 0.6) is 0 Å². The highest BCUT2D eigenvalue weighted by molar-refractivity contribution is 5.78. The predicted molar refractivity (Wildman–Crippen MR) is 107 cm³/mol. The SMILES string of the molecule is COC(=O)C(C)(CC(C)(C)C)C(C)(C)C(C)(C)CC(C)(C(=O)OO)C(C)N. The van der Waals surface area contributed by atoms with Gasteiger partial charge in [-0.1, -0.05) is 48.5 Å². The molecule has 3 unspecified atom stereocenters. The van der Waals surface area contributed by atoms with Gasteiger partial charge in [-0.05, 0) is 49.9 Å². The van der Waals surface area contributed by atoms with Gasteiger partial charge in [0.15, 0.2) is 0 Å². The summed E-state index contributed by atoms with van der Waals surface area (Å²) in [5.74, 6) is -1.04. The molecule has 0 amide bonds. The van der Waals surface area contributed by atoms with Crippen LogP contribution in [0.3, 0.4) is 0 Å². The van der Waals surface area contributed by atoms with Crippen LogP contribution in [0.2, 0.25) is 0 Å². The highest BCUT2D eigenvalue weighted by atomic mass is 17.1. The molecule has 0 aromatic carbocycles. The first-order chi connectivity index (χ1) is 11.8. The summed E-state index contributed by atoms with van der Waals surface area (Å²) in [5, 5.41) is 8.98. The van der Waals surface area contributed by atoms with E-state index < -0.39 is 33.7 Å². The van der Waals surface area contributed by atoms with E-state index >= 15 is 0 Å². The zero-order valence-corrected chi connectivity index (χ0v) is 19.1. The number of methoxy groups -OCH3 is 1. The summed E-state index contributed by atoms with van der Waals surface area (Å²) in [5.41, 5.74) is 3.00. The fraction of sp³-hybridized carbons (Fsp3) is 0.905. The lowest BCUT2D eigenvalue weighted by atomic mass is 9.48. The Bertz CT molecular complexity index is 547. The van der Waals surface area contributed by atoms with E-state index in [4.69, 9.17) is 15.7 Å². The molecule has 0 radical (unpaired) electrons. The third-order valence-electron chi connectivity index (χ3n) is 6.95. The maximum Gasteiger partial charge on any atom is 0.349 e. The number of nitrogens with two attached hydrogens (primary N) is 1. The van der Waals surface area contributed by atoms with Crippen LogP contribution in [0.1, 0.15) is 82.1 Å². The summed E-state index contributed by atoms with van der Waals surface area (Å²) in [4.78, 5) is 29.3. The molecule has 3 atom stereocenters. The van der Waals surface area contributed by atoms with Crippen LogP contribution >= 0.6 is 0 Å². The van der Waals surface area contributed by atoms with Crippen LogP contribution in [0.4, 0.5) is 0 Å². The fourth-order valence-corrected chi connectivity index (χ4v) is 4.24. The van der Waals surface area contributed by atoms with Crippen LogP contribution in [-0.4, -0.2) is 30.3 Å². The first-order valence-corrected chi connectivity index (χ1v) is 9.52. The first kappa shape index (κ1) is 25.9. The van der Waals surface area contributed by atoms with Crippen LogP contribution in [0, 0.1) is 27.1 Å². The number of hydrogen-bond donors (Lipinski definition) is 2. The largest absolute Gasteiger partial charge is 0.469 e. The summed E-state index contributed by atoms with van der Waals surface area (Å²) in [7, 11) is 1.40. The van der Waals surface area contributed by atoms with E-state index in [1.165, 1.54) is 7.11 Å². The third kappa shape index (κ3) is 5.02. The monoisotopic (exact) mass is 387 g/mol. The minimum atomic E-state index is -1.10. The van der Waals surface area contributed by atoms with Crippen molar-refractivity contribution in [2.45, 2.75) is 88.1 Å². The van der Waals surface area contributed by atoms with E-state index in [2.05, 4.69) is 25.7 Å². The van der Waals surface area contributed by atoms with E-state index in [9.17, 15) is 9.59 Å². The molecule has 160 valence electrons. The van der Waals surface area contributed by atoms with Gasteiger partial charge < -0.3 is 15.4 Å². The van der Waals surface area contributed by atoms with Gasteiger partial charge in [-0.15, -0.1) is 0 Å². The summed E-state index contributed by atoms with van der Waals surface area (Å²) < 4.78 is 5.19. The molecular formula is C21H41NO5. The lowest BCUT2D eigenvalue weighted by Crippen LogP contribution is -2.56. The molecule has 0 aliphatic rings. The highest BCUT2D eigenvalue weighted by Gasteiger charge is 2.59. The lowest BCUT2D eigenvalue weighted by molar-refractivity contribution is -0.248. The molecule has 0 saturated heterocycles. The van der Waals surface area contributed by atoms with Crippen molar-refractivity contribution in [3.8, 4) is 0 Å². The first-order valence-electron chi connectivity index (χ1n) is 9.52. The Hall–Kier alpha value is -1.14. The number of hydrogen-bond acceptors (Lipinski definition) is 6. The van der Waals surface area contributed by atoms with Crippen LogP contribution in [0.15, 0.2) is 0 Å². The fourth-order valence-electron chi connectivity index (χ4n) is 4.24. The van der Waals surface area contributed by atoms with Crippen molar-refractivity contribution in [1.82, 2.24) is 0 Å². The second kappa shape index (κ2) is 8.08. The van der Waals surface area contributed by atoms with Gasteiger partial charge in [0.1, 0.15) is 0 Å². The molecular weight excluding hydrogens is 346 g/mol. The number of rotatable bonds is 8. The van der Waals surface area contributed by atoms with E-state index in [1.807, 2.05) is 34.6 Å². The number of carbonyl (C=O) groups excluding carboxylic acids is 2. The number of ether oxygens (including phenoxy) is 1. The molecule has 0 spiro atoms. The van der Waals surface area contributed by atoms with Crippen molar-refractivity contribution in [1.29, 1.82) is 0 Å². The van der Waals surface area contributed by atoms with E-state index in [0.29, 0.717) is 12.8 Å². The zero-order chi connectivity index (χ0) is 22.1. The van der Waals surface area contributed by atoms with Crippen LogP contribution in [0.25, 0.3) is 0 Å². The maximum absolute atomic E-state index is 12.9. The maximum atomic E-state index is 12.9. The zero-order valence-electron chi connectivity index (χ0n) is 19.1. The predicted octanol–water partition coefficient (Wildman–Crippen LogP) is 4.41. The van der Waals surface area contributed by atoms with Crippen molar-refractivity contribution in [3.63, 3.8) is 0 Å². The molecule has 0 bridgehead atoms. The highest BCUT2D eigenvalue weighted by Crippen LogP contribution is 2.59. The molecule has 0 heterocycles. The van der Waals surface area contributed by atoms with Crippen molar-refractivity contribution >= 4 is 11.9 Å². The summed E-state index contributed by atoms with van der Waals surface area (Å²) >= 11 is 0. The van der Waals surface area contributed by atoms with Gasteiger partial charge in [-0.2, -0.15) is 5.26 Å². The van der Waals surface area contributed by atoms with Gasteiger partial charge >= 0.3 is 11.9 Å². The average molecular weight is 388 g/mol. The Balaban J connectivity index is 6.31.